The summed E-state index contributed by atoms with van der Waals surface area (Å²) >= 11 is 0. The van der Waals surface area contributed by atoms with Gasteiger partial charge in [-0.2, -0.15) is 0 Å². The molecule has 0 spiro atoms. The maximum Gasteiger partial charge on any atom is 0.573 e. The fourth-order valence-electron chi connectivity index (χ4n) is 3.06. The van der Waals surface area contributed by atoms with Crippen molar-refractivity contribution in [2.45, 2.75) is 32.5 Å². The molecule has 0 fully saturated rings. The van der Waals surface area contributed by atoms with Crippen LogP contribution in [0.5, 0.6) is 5.75 Å². The average molecular weight is 406 g/mol. The summed E-state index contributed by atoms with van der Waals surface area (Å²) in [7, 11) is 0. The van der Waals surface area contributed by atoms with Gasteiger partial charge in [0.2, 0.25) is 0 Å². The molecule has 0 N–H and O–H groups in total. The van der Waals surface area contributed by atoms with Crippen molar-refractivity contribution >= 4 is 0 Å². The van der Waals surface area contributed by atoms with E-state index in [1.165, 1.54) is 24.3 Å². The smallest absolute Gasteiger partial charge is 0.406 e. The topological polar surface area (TPSA) is 9.23 Å². The van der Waals surface area contributed by atoms with E-state index in [0.29, 0.717) is 23.1 Å². The lowest BCUT2D eigenvalue weighted by molar-refractivity contribution is -0.274. The molecule has 1 nitrogen and oxygen atoms in total. The number of hydrogen-bond acceptors (Lipinski definition) is 1. The molecule has 152 valence electrons. The van der Waals surface area contributed by atoms with Gasteiger partial charge in [-0.3, -0.25) is 0 Å². The molecule has 0 heterocycles. The van der Waals surface area contributed by atoms with Gasteiger partial charge in [0, 0.05) is 5.56 Å². The zero-order valence-electron chi connectivity index (χ0n) is 15.7. The van der Waals surface area contributed by atoms with Gasteiger partial charge in [0.1, 0.15) is 5.75 Å². The zero-order chi connectivity index (χ0) is 21.0. The number of benzene rings is 3. The second-order valence-corrected chi connectivity index (χ2v) is 6.65. The molecule has 0 aliphatic carbocycles. The number of hydrogen-bond donors (Lipinski definition) is 0. The van der Waals surface area contributed by atoms with Crippen molar-refractivity contribution in [1.29, 1.82) is 0 Å². The Kier molecular flexibility index (Phi) is 6.20. The summed E-state index contributed by atoms with van der Waals surface area (Å²) in [5.41, 5.74) is 2.46. The van der Waals surface area contributed by atoms with Crippen molar-refractivity contribution in [3.8, 4) is 28.0 Å². The molecular formula is C23H19F5O. The van der Waals surface area contributed by atoms with Crippen LogP contribution in [0.2, 0.25) is 0 Å². The summed E-state index contributed by atoms with van der Waals surface area (Å²) in [4.78, 5) is 0. The normalized spacial score (nSPS) is 11.5. The van der Waals surface area contributed by atoms with E-state index in [1.807, 2.05) is 6.92 Å². The summed E-state index contributed by atoms with van der Waals surface area (Å²) in [5, 5.41) is 0. The van der Waals surface area contributed by atoms with E-state index in [2.05, 4.69) is 4.74 Å². The van der Waals surface area contributed by atoms with Crippen molar-refractivity contribution < 1.29 is 26.7 Å². The van der Waals surface area contributed by atoms with Crippen LogP contribution >= 0.6 is 0 Å². The molecule has 0 bridgehead atoms. The van der Waals surface area contributed by atoms with E-state index >= 15 is 0 Å². The van der Waals surface area contributed by atoms with Gasteiger partial charge in [-0.25, -0.2) is 8.78 Å². The molecule has 3 aromatic rings. The first-order valence-electron chi connectivity index (χ1n) is 9.22. The lowest BCUT2D eigenvalue weighted by atomic mass is 9.97. The Morgan fingerprint density at radius 2 is 1.28 bits per heavy atom. The molecule has 0 radical (unpaired) electrons. The van der Waals surface area contributed by atoms with Crippen LogP contribution in [0, 0.1) is 11.6 Å². The van der Waals surface area contributed by atoms with E-state index in [9.17, 15) is 22.0 Å². The molecular weight excluding hydrogens is 387 g/mol. The minimum atomic E-state index is -4.74. The van der Waals surface area contributed by atoms with Gasteiger partial charge in [0.05, 0.1) is 0 Å². The third-order valence-electron chi connectivity index (χ3n) is 4.58. The highest BCUT2D eigenvalue weighted by atomic mass is 19.4. The first-order chi connectivity index (χ1) is 13.8. The minimum Gasteiger partial charge on any atom is -0.406 e. The molecule has 29 heavy (non-hydrogen) atoms. The van der Waals surface area contributed by atoms with Crippen LogP contribution in [0.25, 0.3) is 22.3 Å². The van der Waals surface area contributed by atoms with Crippen LogP contribution in [0.4, 0.5) is 22.0 Å². The van der Waals surface area contributed by atoms with E-state index < -0.39 is 18.0 Å². The Labute approximate surface area is 165 Å². The fourth-order valence-corrected chi connectivity index (χ4v) is 3.06. The number of unbranched alkanes of at least 4 members (excludes halogenated alkanes) is 1. The van der Waals surface area contributed by atoms with Crippen LogP contribution in [-0.4, -0.2) is 6.36 Å². The van der Waals surface area contributed by atoms with E-state index in [4.69, 9.17) is 0 Å². The maximum atomic E-state index is 14.5. The fraction of sp³-hybridized carbons (Fsp3) is 0.217. The average Bonchev–Trinajstić information content (AvgIpc) is 2.69. The largest absolute Gasteiger partial charge is 0.573 e. The highest BCUT2D eigenvalue weighted by Crippen LogP contribution is 2.30. The van der Waals surface area contributed by atoms with Gasteiger partial charge in [-0.05, 0) is 47.2 Å². The van der Waals surface area contributed by atoms with Crippen LogP contribution in [-0.2, 0) is 6.42 Å². The van der Waals surface area contributed by atoms with Crippen molar-refractivity contribution in [1.82, 2.24) is 0 Å². The van der Waals surface area contributed by atoms with Crippen molar-refractivity contribution in [2.75, 3.05) is 0 Å². The number of alkyl halides is 3. The monoisotopic (exact) mass is 406 g/mol. The van der Waals surface area contributed by atoms with Crippen LogP contribution in [0.1, 0.15) is 25.3 Å². The second kappa shape index (κ2) is 8.64. The molecule has 0 aliphatic heterocycles. The number of aryl methyl sites for hydroxylation is 1. The molecule has 0 atom stereocenters. The van der Waals surface area contributed by atoms with Gasteiger partial charge in [0.25, 0.3) is 0 Å². The molecule has 3 aromatic carbocycles. The van der Waals surface area contributed by atoms with E-state index in [-0.39, 0.29) is 11.3 Å². The third-order valence-corrected chi connectivity index (χ3v) is 4.58. The summed E-state index contributed by atoms with van der Waals surface area (Å²) < 4.78 is 69.4. The van der Waals surface area contributed by atoms with Crippen molar-refractivity contribution in [3.05, 3.63) is 77.9 Å². The molecule has 0 aliphatic rings. The van der Waals surface area contributed by atoms with Gasteiger partial charge in [-0.1, -0.05) is 61.9 Å². The molecule has 0 amide bonds. The minimum absolute atomic E-state index is 0.170. The molecule has 6 heteroatoms. The zero-order valence-corrected chi connectivity index (χ0v) is 15.7. The number of rotatable bonds is 6. The number of halogens is 5. The second-order valence-electron chi connectivity index (χ2n) is 6.65. The van der Waals surface area contributed by atoms with Gasteiger partial charge < -0.3 is 4.74 Å². The predicted octanol–water partition coefficient (Wildman–Crippen LogP) is 7.54. The lowest BCUT2D eigenvalue weighted by Crippen LogP contribution is -2.16. The SMILES string of the molecule is CCCCc1ccc(-c2ccc(-c3ccc(OC(F)(F)F)cc3)cc2)c(F)c1F. The van der Waals surface area contributed by atoms with Crippen LogP contribution in [0.3, 0.4) is 0 Å². The van der Waals surface area contributed by atoms with Crippen LogP contribution in [0.15, 0.2) is 60.7 Å². The third kappa shape index (κ3) is 5.13. The van der Waals surface area contributed by atoms with Crippen molar-refractivity contribution in [3.63, 3.8) is 0 Å². The lowest BCUT2D eigenvalue weighted by Gasteiger charge is -2.11. The molecule has 0 saturated carbocycles. The molecule has 0 unspecified atom stereocenters. The Bertz CT molecular complexity index is 960. The van der Waals surface area contributed by atoms with Gasteiger partial charge in [0.15, 0.2) is 11.6 Å². The first kappa shape index (κ1) is 20.8. The molecule has 0 aromatic heterocycles. The van der Waals surface area contributed by atoms with Gasteiger partial charge in [-0.15, -0.1) is 13.2 Å². The number of ether oxygens (including phenoxy) is 1. The Hall–Kier alpha value is -2.89. The summed E-state index contributed by atoms with van der Waals surface area (Å²) in [6.45, 7) is 1.99. The summed E-state index contributed by atoms with van der Waals surface area (Å²) in [5.74, 6) is -2.00. The Balaban J connectivity index is 1.81. The highest BCUT2D eigenvalue weighted by molar-refractivity contribution is 5.71. The maximum absolute atomic E-state index is 14.5. The van der Waals surface area contributed by atoms with E-state index in [0.717, 1.165) is 18.4 Å². The predicted molar refractivity (Wildman–Crippen MR) is 103 cm³/mol. The highest BCUT2D eigenvalue weighted by Gasteiger charge is 2.30. The quantitative estimate of drug-likeness (QED) is 0.384. The molecule has 0 saturated heterocycles. The first-order valence-corrected chi connectivity index (χ1v) is 9.22. The Morgan fingerprint density at radius 1 is 0.724 bits per heavy atom. The molecule has 3 rings (SSSR count). The standard InChI is InChI=1S/C23H19F5O/c1-2-3-4-18-11-14-20(22(25)21(18)24)17-7-5-15(6-8-17)16-9-12-19(13-10-16)29-23(26,27)28/h5-14H,2-4H2,1H3. The van der Waals surface area contributed by atoms with Crippen LogP contribution < -0.4 is 4.74 Å². The van der Waals surface area contributed by atoms with E-state index in [1.54, 1.807) is 36.4 Å². The van der Waals surface area contributed by atoms with Crippen molar-refractivity contribution in [2.24, 2.45) is 0 Å². The Morgan fingerprint density at radius 3 is 1.83 bits per heavy atom. The summed E-state index contributed by atoms with van der Waals surface area (Å²) in [6, 6.07) is 15.3. The van der Waals surface area contributed by atoms with Gasteiger partial charge >= 0.3 is 6.36 Å². The summed E-state index contributed by atoms with van der Waals surface area (Å²) in [6.07, 6.45) is -2.56.